The Hall–Kier alpha value is -1.99. The van der Waals surface area contributed by atoms with Gasteiger partial charge in [-0.05, 0) is 79.4 Å². The lowest BCUT2D eigenvalue weighted by Gasteiger charge is -2.29. The van der Waals surface area contributed by atoms with Crippen molar-refractivity contribution in [2.24, 2.45) is 17.6 Å². The van der Waals surface area contributed by atoms with Crippen molar-refractivity contribution in [3.8, 4) is 20.5 Å². The van der Waals surface area contributed by atoms with E-state index in [0.717, 1.165) is 30.1 Å². The van der Waals surface area contributed by atoms with E-state index < -0.39 is 0 Å². The molecule has 0 radical (unpaired) electrons. The van der Waals surface area contributed by atoms with Gasteiger partial charge in [0.1, 0.15) is 0 Å². The molecule has 0 spiro atoms. The second-order valence-corrected chi connectivity index (χ2v) is 10.8. The fourth-order valence-corrected chi connectivity index (χ4v) is 6.61. The molecule has 1 saturated carbocycles. The largest absolute Gasteiger partial charge is 0.330 e. The van der Waals surface area contributed by atoms with Crippen molar-refractivity contribution in [2.75, 3.05) is 6.54 Å². The first-order valence-electron chi connectivity index (χ1n) is 10.7. The quantitative estimate of drug-likeness (QED) is 0.374. The molecule has 3 aromatic heterocycles. The summed E-state index contributed by atoms with van der Waals surface area (Å²) in [5, 5.41) is 3.29. The number of hydrogen-bond donors (Lipinski definition) is 1. The van der Waals surface area contributed by atoms with Gasteiger partial charge in [0.05, 0.1) is 15.8 Å². The topological polar surface area (TPSA) is 60.9 Å². The summed E-state index contributed by atoms with van der Waals surface area (Å²) in [5.74, 6) is 1.74. The molecule has 1 aliphatic rings. The minimum Gasteiger partial charge on any atom is -0.330 e. The Morgan fingerprint density at radius 1 is 1.10 bits per heavy atom. The van der Waals surface area contributed by atoms with Crippen LogP contribution < -0.4 is 11.3 Å². The summed E-state index contributed by atoms with van der Waals surface area (Å²) in [5.41, 5.74) is 6.62. The van der Waals surface area contributed by atoms with Gasteiger partial charge >= 0.3 is 0 Å². The zero-order valence-corrected chi connectivity index (χ0v) is 19.5. The molecule has 160 valence electrons. The number of hydrogen-bond acceptors (Lipinski definition) is 5. The van der Waals surface area contributed by atoms with E-state index in [4.69, 9.17) is 22.3 Å². The van der Waals surface area contributed by atoms with Crippen LogP contribution in [0.1, 0.15) is 25.7 Å². The van der Waals surface area contributed by atoms with Gasteiger partial charge in [-0.2, -0.15) is 0 Å². The van der Waals surface area contributed by atoms with Gasteiger partial charge in [-0.1, -0.05) is 24.1 Å². The molecule has 0 aliphatic heterocycles. The number of aromatic nitrogens is 2. The van der Waals surface area contributed by atoms with Gasteiger partial charge in [0.25, 0.3) is 5.56 Å². The van der Waals surface area contributed by atoms with Crippen molar-refractivity contribution in [2.45, 2.75) is 32.2 Å². The van der Waals surface area contributed by atoms with Crippen LogP contribution in [0.25, 0.3) is 31.4 Å². The summed E-state index contributed by atoms with van der Waals surface area (Å²) in [6.07, 6.45) is 4.57. The average molecular weight is 470 g/mol. The predicted octanol–water partition coefficient (Wildman–Crippen LogP) is 6.27. The Labute approximate surface area is 194 Å². The Morgan fingerprint density at radius 2 is 1.94 bits per heavy atom. The highest BCUT2D eigenvalue weighted by Crippen LogP contribution is 2.37. The van der Waals surface area contributed by atoms with Crippen LogP contribution in [0.4, 0.5) is 0 Å². The van der Waals surface area contributed by atoms with E-state index in [1.165, 1.54) is 22.6 Å². The summed E-state index contributed by atoms with van der Waals surface area (Å²) in [7, 11) is 0. The molecule has 31 heavy (non-hydrogen) atoms. The fraction of sp³-hybridized carbons (Fsp3) is 0.333. The van der Waals surface area contributed by atoms with Crippen LogP contribution in [-0.2, 0) is 6.54 Å². The number of fused-ring (bicyclic) bond motifs is 1. The zero-order chi connectivity index (χ0) is 21.4. The summed E-state index contributed by atoms with van der Waals surface area (Å²) in [6.45, 7) is 1.41. The lowest BCUT2D eigenvalue weighted by molar-refractivity contribution is 0.246. The normalized spacial score (nSPS) is 19.2. The molecule has 1 aromatic carbocycles. The Kier molecular flexibility index (Phi) is 5.97. The summed E-state index contributed by atoms with van der Waals surface area (Å²) in [4.78, 5) is 21.9. The molecule has 0 amide bonds. The van der Waals surface area contributed by atoms with Gasteiger partial charge < -0.3 is 5.73 Å². The van der Waals surface area contributed by atoms with Gasteiger partial charge in [-0.3, -0.25) is 9.36 Å². The van der Waals surface area contributed by atoms with Crippen molar-refractivity contribution < 1.29 is 0 Å². The van der Waals surface area contributed by atoms with Crippen molar-refractivity contribution in [1.82, 2.24) is 9.55 Å². The lowest BCUT2D eigenvalue weighted by Crippen LogP contribution is -2.30. The van der Waals surface area contributed by atoms with E-state index in [1.807, 2.05) is 4.57 Å². The van der Waals surface area contributed by atoms with Crippen molar-refractivity contribution in [3.05, 3.63) is 63.2 Å². The molecule has 1 fully saturated rings. The lowest BCUT2D eigenvalue weighted by atomic mass is 9.81. The van der Waals surface area contributed by atoms with E-state index in [2.05, 4.69) is 29.6 Å². The van der Waals surface area contributed by atoms with Crippen molar-refractivity contribution in [1.29, 1.82) is 0 Å². The van der Waals surface area contributed by atoms with Crippen LogP contribution in [0.2, 0.25) is 5.02 Å². The number of benzene rings is 1. The van der Waals surface area contributed by atoms with E-state index in [0.29, 0.717) is 34.3 Å². The van der Waals surface area contributed by atoms with Crippen LogP contribution in [0.3, 0.4) is 0 Å². The maximum Gasteiger partial charge on any atom is 0.261 e. The smallest absolute Gasteiger partial charge is 0.261 e. The minimum absolute atomic E-state index is 0.0117. The third kappa shape index (κ3) is 4.22. The molecule has 2 atom stereocenters. The maximum atomic E-state index is 13.6. The van der Waals surface area contributed by atoms with E-state index in [-0.39, 0.29) is 5.56 Å². The highest BCUT2D eigenvalue weighted by atomic mass is 35.5. The van der Waals surface area contributed by atoms with Gasteiger partial charge in [-0.25, -0.2) is 4.98 Å². The third-order valence-electron chi connectivity index (χ3n) is 6.17. The van der Waals surface area contributed by atoms with Crippen molar-refractivity contribution >= 4 is 45.2 Å². The standard InChI is InChI=1S/C24H24ClN3OS2/c25-17-6-7-18-19(12-17)27-23(22-9-8-21(31-22)20-5-2-10-30-20)28(24(18)29)14-16-4-1-3-15(11-16)13-26/h2,5-10,12,15-16H,1,3-4,11,13-14,26H2. The molecular weight excluding hydrogens is 446 g/mol. The van der Waals surface area contributed by atoms with Gasteiger partial charge in [0.15, 0.2) is 5.82 Å². The van der Waals surface area contributed by atoms with E-state index >= 15 is 0 Å². The Morgan fingerprint density at radius 3 is 2.74 bits per heavy atom. The predicted molar refractivity (Wildman–Crippen MR) is 132 cm³/mol. The maximum absolute atomic E-state index is 13.6. The Bertz CT molecular complexity index is 1260. The third-order valence-corrected chi connectivity index (χ3v) is 8.56. The van der Waals surface area contributed by atoms with Gasteiger partial charge in [0, 0.05) is 21.3 Å². The number of thiophene rings is 2. The minimum atomic E-state index is 0.0117. The summed E-state index contributed by atoms with van der Waals surface area (Å²) < 4.78 is 1.89. The number of halogens is 1. The van der Waals surface area contributed by atoms with Crippen LogP contribution >= 0.6 is 34.3 Å². The molecule has 0 bridgehead atoms. The second kappa shape index (κ2) is 8.87. The first kappa shape index (κ1) is 20.9. The first-order chi connectivity index (χ1) is 15.1. The van der Waals surface area contributed by atoms with Gasteiger partial charge in [0.2, 0.25) is 0 Å². The van der Waals surface area contributed by atoms with Crippen LogP contribution in [0.5, 0.6) is 0 Å². The molecule has 1 aliphatic carbocycles. The van der Waals surface area contributed by atoms with Crippen LogP contribution in [0, 0.1) is 11.8 Å². The fourth-order valence-electron chi connectivity index (χ4n) is 4.60. The van der Waals surface area contributed by atoms with Crippen LogP contribution in [0.15, 0.2) is 52.6 Å². The molecule has 2 N–H and O–H groups in total. The molecule has 7 heteroatoms. The number of rotatable bonds is 5. The molecule has 5 rings (SSSR count). The number of nitrogens with zero attached hydrogens (tertiary/aromatic N) is 2. The molecule has 4 aromatic rings. The highest BCUT2D eigenvalue weighted by molar-refractivity contribution is 7.23. The molecule has 0 saturated heterocycles. The molecule has 4 nitrogen and oxygen atoms in total. The zero-order valence-electron chi connectivity index (χ0n) is 17.1. The molecular formula is C24H24ClN3OS2. The van der Waals surface area contributed by atoms with Crippen LogP contribution in [-0.4, -0.2) is 16.1 Å². The first-order valence-corrected chi connectivity index (χ1v) is 12.7. The van der Waals surface area contributed by atoms with E-state index in [1.54, 1.807) is 40.9 Å². The summed E-state index contributed by atoms with van der Waals surface area (Å²) in [6, 6.07) is 13.7. The number of nitrogens with two attached hydrogens (primary N) is 1. The van der Waals surface area contributed by atoms with E-state index in [9.17, 15) is 4.79 Å². The molecule has 3 heterocycles. The second-order valence-electron chi connectivity index (χ2n) is 8.29. The Balaban J connectivity index is 1.61. The SMILES string of the molecule is NCC1CCCC(Cn2c(-c3ccc(-c4cccs4)s3)nc3cc(Cl)ccc3c2=O)C1. The highest BCUT2D eigenvalue weighted by Gasteiger charge is 2.24. The van der Waals surface area contributed by atoms with Gasteiger partial charge in [-0.15, -0.1) is 22.7 Å². The monoisotopic (exact) mass is 469 g/mol. The van der Waals surface area contributed by atoms with Crippen molar-refractivity contribution in [3.63, 3.8) is 0 Å². The summed E-state index contributed by atoms with van der Waals surface area (Å²) >= 11 is 9.61. The molecule has 2 unspecified atom stereocenters. The average Bonchev–Trinajstić information content (AvgIpc) is 3.47.